The number of likely N-dealkylation sites (N-methyl/N-ethyl adjacent to an activating group) is 1. The second-order valence-corrected chi connectivity index (χ2v) is 5.17. The van der Waals surface area contributed by atoms with Gasteiger partial charge in [0, 0.05) is 13.5 Å². The number of hydrogen-bond acceptors (Lipinski definition) is 2. The van der Waals surface area contributed by atoms with Crippen LogP contribution in [-0.4, -0.2) is 30.6 Å². The lowest BCUT2D eigenvalue weighted by Crippen LogP contribution is -2.35. The molecule has 0 bridgehead atoms. The molecule has 0 saturated carbocycles. The Balaban J connectivity index is 1.72. The number of hydrogen-bond donors (Lipinski definition) is 1. The fraction of sp³-hybridized carbons (Fsp3) is 0.235. The summed E-state index contributed by atoms with van der Waals surface area (Å²) in [5.41, 5.74) is 3.69. The highest BCUT2D eigenvalue weighted by Gasteiger charge is 2.26. The van der Waals surface area contributed by atoms with E-state index in [2.05, 4.69) is 41.7 Å². The second-order valence-electron chi connectivity index (χ2n) is 5.17. The van der Waals surface area contributed by atoms with E-state index < -0.39 is 0 Å². The first-order valence-corrected chi connectivity index (χ1v) is 6.87. The lowest BCUT2D eigenvalue weighted by Gasteiger charge is -2.19. The Bertz CT molecular complexity index is 592. The van der Waals surface area contributed by atoms with E-state index in [-0.39, 0.29) is 12.1 Å². The van der Waals surface area contributed by atoms with Crippen molar-refractivity contribution in [1.82, 2.24) is 10.2 Å². The Labute approximate surface area is 119 Å². The van der Waals surface area contributed by atoms with Crippen LogP contribution >= 0.6 is 0 Å². The number of carbonyl (C=O) groups excluding carboxylic acids is 1. The molecular formula is C17H18N2O. The molecule has 0 spiro atoms. The fourth-order valence-electron chi connectivity index (χ4n) is 2.54. The van der Waals surface area contributed by atoms with Crippen molar-refractivity contribution in [1.29, 1.82) is 0 Å². The molecule has 3 rings (SSSR count). The summed E-state index contributed by atoms with van der Waals surface area (Å²) >= 11 is 0. The summed E-state index contributed by atoms with van der Waals surface area (Å²) < 4.78 is 0. The largest absolute Gasteiger partial charge is 0.329 e. The summed E-state index contributed by atoms with van der Waals surface area (Å²) in [6.07, 6.45) is 0.960. The van der Waals surface area contributed by atoms with Crippen molar-refractivity contribution in [2.24, 2.45) is 0 Å². The summed E-state index contributed by atoms with van der Waals surface area (Å²) in [6, 6.07) is 18.9. The molecule has 1 aliphatic heterocycles. The third-order valence-corrected chi connectivity index (χ3v) is 3.84. The minimum Gasteiger partial charge on any atom is -0.329 e. The maximum absolute atomic E-state index is 11.5. The molecule has 1 fully saturated rings. The molecule has 1 atom stereocenters. The smallest absolute Gasteiger partial charge is 0.237 e. The Morgan fingerprint density at radius 3 is 2.30 bits per heavy atom. The first kappa shape index (κ1) is 12.9. The minimum absolute atomic E-state index is 0.116. The molecule has 3 heteroatoms. The van der Waals surface area contributed by atoms with Crippen LogP contribution in [0.25, 0.3) is 11.1 Å². The normalized spacial score (nSPS) is 18.6. The number of rotatable bonds is 3. The van der Waals surface area contributed by atoms with Gasteiger partial charge in [0.25, 0.3) is 0 Å². The average Bonchev–Trinajstić information content (AvgIpc) is 2.81. The maximum Gasteiger partial charge on any atom is 0.237 e. The van der Waals surface area contributed by atoms with Crippen molar-refractivity contribution in [3.8, 4) is 11.1 Å². The van der Waals surface area contributed by atoms with Crippen molar-refractivity contribution in [2.75, 3.05) is 13.6 Å². The van der Waals surface area contributed by atoms with Gasteiger partial charge in [-0.2, -0.15) is 0 Å². The number of amides is 1. The molecule has 1 saturated heterocycles. The molecule has 2 aromatic carbocycles. The van der Waals surface area contributed by atoms with Gasteiger partial charge in [-0.3, -0.25) is 10.1 Å². The van der Waals surface area contributed by atoms with E-state index in [0.29, 0.717) is 6.54 Å². The second kappa shape index (κ2) is 5.47. The molecule has 1 aliphatic rings. The van der Waals surface area contributed by atoms with Gasteiger partial charge in [-0.15, -0.1) is 0 Å². The van der Waals surface area contributed by atoms with Gasteiger partial charge in [0.2, 0.25) is 5.91 Å². The van der Waals surface area contributed by atoms with Crippen LogP contribution in [0.2, 0.25) is 0 Å². The van der Waals surface area contributed by atoms with Gasteiger partial charge in [0.1, 0.15) is 0 Å². The number of benzene rings is 2. The van der Waals surface area contributed by atoms with E-state index in [9.17, 15) is 4.79 Å². The van der Waals surface area contributed by atoms with Crippen LogP contribution in [0.3, 0.4) is 0 Å². The van der Waals surface area contributed by atoms with Crippen LogP contribution in [0.1, 0.15) is 5.56 Å². The summed E-state index contributed by atoms with van der Waals surface area (Å²) in [4.78, 5) is 13.3. The number of nitrogens with zero attached hydrogens (tertiary/aromatic N) is 1. The average molecular weight is 266 g/mol. The zero-order chi connectivity index (χ0) is 13.9. The first-order valence-electron chi connectivity index (χ1n) is 6.87. The molecule has 1 N–H and O–H groups in total. The van der Waals surface area contributed by atoms with Gasteiger partial charge in [0.15, 0.2) is 0 Å². The zero-order valence-electron chi connectivity index (χ0n) is 11.5. The molecular weight excluding hydrogens is 248 g/mol. The summed E-state index contributed by atoms with van der Waals surface area (Å²) in [5.74, 6) is 0.163. The van der Waals surface area contributed by atoms with Crippen LogP contribution in [-0.2, 0) is 11.2 Å². The lowest BCUT2D eigenvalue weighted by atomic mass is 10.0. The molecule has 0 radical (unpaired) electrons. The van der Waals surface area contributed by atoms with Crippen molar-refractivity contribution in [3.05, 3.63) is 60.2 Å². The lowest BCUT2D eigenvalue weighted by molar-refractivity contribution is -0.126. The molecule has 0 unspecified atom stereocenters. The molecule has 2 aromatic rings. The van der Waals surface area contributed by atoms with Crippen LogP contribution in [0.5, 0.6) is 0 Å². The molecule has 1 amide bonds. The molecule has 20 heavy (non-hydrogen) atoms. The predicted molar refractivity (Wildman–Crippen MR) is 80.1 cm³/mol. The van der Waals surface area contributed by atoms with Crippen molar-refractivity contribution >= 4 is 5.91 Å². The van der Waals surface area contributed by atoms with E-state index in [1.165, 1.54) is 16.7 Å². The van der Waals surface area contributed by atoms with Crippen molar-refractivity contribution in [2.45, 2.75) is 12.6 Å². The highest BCUT2D eigenvalue weighted by molar-refractivity contribution is 5.80. The van der Waals surface area contributed by atoms with Gasteiger partial charge in [-0.25, -0.2) is 0 Å². The SMILES string of the molecule is CN1C(=O)CN[C@@H]1Cc1ccc(-c2ccccc2)cc1. The van der Waals surface area contributed by atoms with Crippen LogP contribution in [0.4, 0.5) is 0 Å². The minimum atomic E-state index is 0.116. The summed E-state index contributed by atoms with van der Waals surface area (Å²) in [7, 11) is 1.85. The van der Waals surface area contributed by atoms with Crippen LogP contribution in [0, 0.1) is 0 Å². The highest BCUT2D eigenvalue weighted by atomic mass is 16.2. The van der Waals surface area contributed by atoms with Crippen LogP contribution in [0.15, 0.2) is 54.6 Å². The van der Waals surface area contributed by atoms with E-state index in [1.54, 1.807) is 4.90 Å². The summed E-state index contributed by atoms with van der Waals surface area (Å²) in [5, 5.41) is 3.23. The third-order valence-electron chi connectivity index (χ3n) is 3.84. The highest BCUT2D eigenvalue weighted by Crippen LogP contribution is 2.20. The zero-order valence-corrected chi connectivity index (χ0v) is 11.5. The van der Waals surface area contributed by atoms with Gasteiger partial charge in [-0.05, 0) is 16.7 Å². The molecule has 0 aliphatic carbocycles. The topological polar surface area (TPSA) is 32.3 Å². The summed E-state index contributed by atoms with van der Waals surface area (Å²) in [6.45, 7) is 0.448. The number of carbonyl (C=O) groups is 1. The third kappa shape index (κ3) is 2.58. The maximum atomic E-state index is 11.5. The Kier molecular flexibility index (Phi) is 3.52. The van der Waals surface area contributed by atoms with Gasteiger partial charge in [0.05, 0.1) is 12.7 Å². The standard InChI is InChI=1S/C17H18N2O/c1-19-16(18-12-17(19)20)11-13-7-9-15(10-8-13)14-5-3-2-4-6-14/h2-10,16,18H,11-12H2,1H3/t16-/m0/s1. The Morgan fingerprint density at radius 1 is 1.05 bits per heavy atom. The van der Waals surface area contributed by atoms with Gasteiger partial charge < -0.3 is 4.90 Å². The van der Waals surface area contributed by atoms with E-state index in [1.807, 2.05) is 25.2 Å². The quantitative estimate of drug-likeness (QED) is 0.924. The van der Waals surface area contributed by atoms with E-state index in [0.717, 1.165) is 6.42 Å². The van der Waals surface area contributed by atoms with Gasteiger partial charge >= 0.3 is 0 Å². The molecule has 102 valence electrons. The van der Waals surface area contributed by atoms with Crippen molar-refractivity contribution < 1.29 is 4.79 Å². The first-order chi connectivity index (χ1) is 9.74. The molecule has 3 nitrogen and oxygen atoms in total. The van der Waals surface area contributed by atoms with E-state index in [4.69, 9.17) is 0 Å². The van der Waals surface area contributed by atoms with Crippen LogP contribution < -0.4 is 5.32 Å². The molecule has 0 aromatic heterocycles. The Hall–Kier alpha value is -2.13. The number of nitrogens with one attached hydrogen (secondary N) is 1. The Morgan fingerprint density at radius 2 is 1.70 bits per heavy atom. The van der Waals surface area contributed by atoms with Crippen molar-refractivity contribution in [3.63, 3.8) is 0 Å². The fourth-order valence-corrected chi connectivity index (χ4v) is 2.54. The monoisotopic (exact) mass is 266 g/mol. The van der Waals surface area contributed by atoms with E-state index >= 15 is 0 Å². The predicted octanol–water partition coefficient (Wildman–Crippen LogP) is 2.28. The van der Waals surface area contributed by atoms with Gasteiger partial charge in [-0.1, -0.05) is 54.6 Å². The molecule has 1 heterocycles.